The minimum Gasteiger partial charge on any atom is -0.496 e. The lowest BCUT2D eigenvalue weighted by Crippen LogP contribution is -2.43. The molecule has 0 bridgehead atoms. The Morgan fingerprint density at radius 3 is 2.61 bits per heavy atom. The average Bonchev–Trinajstić information content (AvgIpc) is 2.41. The number of piperazine rings is 1. The first-order chi connectivity index (χ1) is 8.72. The van der Waals surface area contributed by atoms with Crippen molar-refractivity contribution < 1.29 is 9.53 Å². The third kappa shape index (κ3) is 3.09. The van der Waals surface area contributed by atoms with Gasteiger partial charge in [-0.25, -0.2) is 0 Å². The first kappa shape index (κ1) is 13.1. The summed E-state index contributed by atoms with van der Waals surface area (Å²) in [4.78, 5) is 15.6. The monoisotopic (exact) mass is 248 g/mol. The molecule has 0 atom stereocenters. The van der Waals surface area contributed by atoms with Crippen LogP contribution in [0.25, 0.3) is 0 Å². The topological polar surface area (TPSA) is 32.8 Å². The van der Waals surface area contributed by atoms with E-state index in [4.69, 9.17) is 4.74 Å². The highest BCUT2D eigenvalue weighted by molar-refractivity contribution is 5.75. The quantitative estimate of drug-likeness (QED) is 0.751. The van der Waals surface area contributed by atoms with Crippen LogP contribution >= 0.6 is 0 Å². The fourth-order valence-electron chi connectivity index (χ4n) is 2.24. The summed E-state index contributed by atoms with van der Waals surface area (Å²) >= 11 is 0. The van der Waals surface area contributed by atoms with Crippen molar-refractivity contribution in [3.05, 3.63) is 29.3 Å². The number of carbonyl (C=O) groups excluding carboxylic acids is 1. The molecule has 2 rings (SSSR count). The van der Waals surface area contributed by atoms with E-state index in [2.05, 4.69) is 16.8 Å². The first-order valence-electron chi connectivity index (χ1n) is 6.26. The van der Waals surface area contributed by atoms with Crippen LogP contribution in [0, 0.1) is 0 Å². The van der Waals surface area contributed by atoms with Gasteiger partial charge in [0.15, 0.2) is 0 Å². The molecule has 4 nitrogen and oxygen atoms in total. The maximum atomic E-state index is 10.8. The predicted molar refractivity (Wildman–Crippen MR) is 71.2 cm³/mol. The van der Waals surface area contributed by atoms with Gasteiger partial charge in [-0.3, -0.25) is 9.69 Å². The van der Waals surface area contributed by atoms with Gasteiger partial charge in [-0.15, -0.1) is 0 Å². The number of ether oxygens (including phenoxy) is 1. The Labute approximate surface area is 108 Å². The van der Waals surface area contributed by atoms with Crippen molar-refractivity contribution in [2.24, 2.45) is 0 Å². The third-order valence-electron chi connectivity index (χ3n) is 3.43. The molecule has 1 aliphatic rings. The number of benzene rings is 1. The van der Waals surface area contributed by atoms with Gasteiger partial charge in [-0.1, -0.05) is 0 Å². The number of likely N-dealkylation sites (N-methyl/N-ethyl adjacent to an activating group) is 1. The third-order valence-corrected chi connectivity index (χ3v) is 3.43. The van der Waals surface area contributed by atoms with Gasteiger partial charge < -0.3 is 9.64 Å². The lowest BCUT2D eigenvalue weighted by Gasteiger charge is -2.32. The zero-order valence-corrected chi connectivity index (χ0v) is 11.1. The summed E-state index contributed by atoms with van der Waals surface area (Å²) in [5.74, 6) is 0.861. The van der Waals surface area contributed by atoms with E-state index in [1.54, 1.807) is 13.2 Å². The minimum absolute atomic E-state index is 0.708. The fourth-order valence-corrected chi connectivity index (χ4v) is 2.24. The summed E-state index contributed by atoms with van der Waals surface area (Å²) in [5, 5.41) is 0. The fraction of sp³-hybridized carbons (Fsp3) is 0.500. The summed E-state index contributed by atoms with van der Waals surface area (Å²) in [6, 6.07) is 5.58. The van der Waals surface area contributed by atoms with Crippen LogP contribution in [0.2, 0.25) is 0 Å². The van der Waals surface area contributed by atoms with Gasteiger partial charge in [-0.2, -0.15) is 0 Å². The Balaban J connectivity index is 2.09. The van der Waals surface area contributed by atoms with Crippen LogP contribution in [0.1, 0.15) is 15.9 Å². The van der Waals surface area contributed by atoms with E-state index in [9.17, 15) is 4.79 Å². The molecule has 1 aromatic rings. The van der Waals surface area contributed by atoms with Crippen LogP contribution in [0.4, 0.5) is 0 Å². The van der Waals surface area contributed by atoms with Gasteiger partial charge in [0.05, 0.1) is 7.11 Å². The first-order valence-corrected chi connectivity index (χ1v) is 6.26. The van der Waals surface area contributed by atoms with E-state index in [0.29, 0.717) is 5.56 Å². The lowest BCUT2D eigenvalue weighted by atomic mass is 10.1. The molecule has 18 heavy (non-hydrogen) atoms. The molecule has 1 saturated heterocycles. The van der Waals surface area contributed by atoms with Crippen molar-refractivity contribution in [2.75, 3.05) is 40.3 Å². The van der Waals surface area contributed by atoms with Crippen molar-refractivity contribution in [3.63, 3.8) is 0 Å². The molecule has 1 heterocycles. The second-order valence-electron chi connectivity index (χ2n) is 4.77. The van der Waals surface area contributed by atoms with Gasteiger partial charge in [0.2, 0.25) is 0 Å². The largest absolute Gasteiger partial charge is 0.496 e. The van der Waals surface area contributed by atoms with E-state index in [1.807, 2.05) is 12.1 Å². The van der Waals surface area contributed by atoms with Crippen LogP contribution in [-0.4, -0.2) is 56.4 Å². The molecular formula is C14H20N2O2. The van der Waals surface area contributed by atoms with Crippen LogP contribution in [-0.2, 0) is 6.54 Å². The summed E-state index contributed by atoms with van der Waals surface area (Å²) in [5.41, 5.74) is 1.80. The predicted octanol–water partition coefficient (Wildman–Crippen LogP) is 1.26. The number of carbonyl (C=O) groups is 1. The van der Waals surface area contributed by atoms with Crippen molar-refractivity contribution in [1.29, 1.82) is 0 Å². The zero-order chi connectivity index (χ0) is 13.0. The summed E-state index contributed by atoms with van der Waals surface area (Å²) in [7, 11) is 3.81. The molecule has 1 aromatic carbocycles. The van der Waals surface area contributed by atoms with E-state index in [-0.39, 0.29) is 0 Å². The summed E-state index contributed by atoms with van der Waals surface area (Å²) in [6.45, 7) is 5.15. The second-order valence-corrected chi connectivity index (χ2v) is 4.77. The number of hydrogen-bond donors (Lipinski definition) is 0. The van der Waals surface area contributed by atoms with Gasteiger partial charge in [0.25, 0.3) is 0 Å². The summed E-state index contributed by atoms with van der Waals surface area (Å²) in [6.07, 6.45) is 0.882. The van der Waals surface area contributed by atoms with Crippen LogP contribution < -0.4 is 4.74 Å². The molecule has 0 unspecified atom stereocenters. The molecule has 4 heteroatoms. The van der Waals surface area contributed by atoms with Gasteiger partial charge in [-0.05, 0) is 25.2 Å². The molecule has 0 aromatic heterocycles. The lowest BCUT2D eigenvalue weighted by molar-refractivity contribution is 0.112. The number of hydrogen-bond acceptors (Lipinski definition) is 4. The molecule has 0 aliphatic carbocycles. The highest BCUT2D eigenvalue weighted by Gasteiger charge is 2.15. The van der Waals surface area contributed by atoms with Crippen LogP contribution in [0.15, 0.2) is 18.2 Å². The van der Waals surface area contributed by atoms with E-state index in [0.717, 1.165) is 50.3 Å². The Hall–Kier alpha value is -1.39. The van der Waals surface area contributed by atoms with Crippen molar-refractivity contribution in [1.82, 2.24) is 9.80 Å². The number of nitrogens with zero attached hydrogens (tertiary/aromatic N) is 2. The van der Waals surface area contributed by atoms with Crippen molar-refractivity contribution in [3.8, 4) is 5.75 Å². The van der Waals surface area contributed by atoms with E-state index >= 15 is 0 Å². The normalized spacial score (nSPS) is 17.7. The molecule has 0 spiro atoms. The van der Waals surface area contributed by atoms with Crippen LogP contribution in [0.5, 0.6) is 5.75 Å². The Morgan fingerprint density at radius 2 is 2.00 bits per heavy atom. The molecule has 1 fully saturated rings. The molecule has 98 valence electrons. The smallest absolute Gasteiger partial charge is 0.150 e. The van der Waals surface area contributed by atoms with E-state index < -0.39 is 0 Å². The molecule has 0 N–H and O–H groups in total. The van der Waals surface area contributed by atoms with Crippen molar-refractivity contribution >= 4 is 6.29 Å². The Kier molecular flexibility index (Phi) is 4.33. The number of methoxy groups -OCH3 is 1. The molecule has 0 saturated carbocycles. The van der Waals surface area contributed by atoms with Gasteiger partial charge in [0.1, 0.15) is 12.0 Å². The minimum atomic E-state index is 0.708. The van der Waals surface area contributed by atoms with E-state index in [1.165, 1.54) is 0 Å². The maximum absolute atomic E-state index is 10.8. The second kappa shape index (κ2) is 5.98. The molecular weight excluding hydrogens is 228 g/mol. The molecule has 0 amide bonds. The van der Waals surface area contributed by atoms with Crippen LogP contribution in [0.3, 0.4) is 0 Å². The highest BCUT2D eigenvalue weighted by atomic mass is 16.5. The molecule has 1 aliphatic heterocycles. The van der Waals surface area contributed by atoms with Gasteiger partial charge in [0, 0.05) is 43.9 Å². The summed E-state index contributed by atoms with van der Waals surface area (Å²) < 4.78 is 5.35. The molecule has 0 radical (unpaired) electrons. The SMILES string of the molecule is COc1ccc(C=O)cc1CN1CCN(C)CC1. The standard InChI is InChI=1S/C14H20N2O2/c1-15-5-7-16(8-6-15)10-13-9-12(11-17)3-4-14(13)18-2/h3-4,9,11H,5-8,10H2,1-2H3. The maximum Gasteiger partial charge on any atom is 0.150 e. The average molecular weight is 248 g/mol. The van der Waals surface area contributed by atoms with Gasteiger partial charge >= 0.3 is 0 Å². The number of rotatable bonds is 4. The zero-order valence-electron chi connectivity index (χ0n) is 11.1. The number of aldehydes is 1. The Morgan fingerprint density at radius 1 is 1.28 bits per heavy atom. The highest BCUT2D eigenvalue weighted by Crippen LogP contribution is 2.21. The van der Waals surface area contributed by atoms with Crippen molar-refractivity contribution in [2.45, 2.75) is 6.54 Å². The Bertz CT molecular complexity index is 412.